The van der Waals surface area contributed by atoms with Crippen LogP contribution >= 0.6 is 23.1 Å². The number of carbonyl (C=O) groups is 2. The molecule has 0 saturated heterocycles. The van der Waals surface area contributed by atoms with Gasteiger partial charge in [0.15, 0.2) is 0 Å². The van der Waals surface area contributed by atoms with Gasteiger partial charge < -0.3 is 15.2 Å². The van der Waals surface area contributed by atoms with E-state index in [1.165, 1.54) is 16.6 Å². The van der Waals surface area contributed by atoms with Gasteiger partial charge in [0.25, 0.3) is 11.6 Å². The van der Waals surface area contributed by atoms with E-state index in [-0.39, 0.29) is 11.8 Å². The standard InChI is InChI=1S/C22H18N4O3S2/c1-10-6-14(12(3)31-10)16-8-15(20-11(2)26-29-22(20)25-16)21(28)23-13-4-5-18-17(7-13)24-19(27)9-30-18/h4-8H,9H2,1-3H3,(H,23,28)(H,24,27). The first-order valence-electron chi connectivity index (χ1n) is 9.61. The molecule has 1 aliphatic heterocycles. The van der Waals surface area contributed by atoms with Crippen LogP contribution in [-0.2, 0) is 4.79 Å². The van der Waals surface area contributed by atoms with Crippen molar-refractivity contribution >= 4 is 57.4 Å². The number of aromatic nitrogens is 2. The van der Waals surface area contributed by atoms with Crippen molar-refractivity contribution in [2.75, 3.05) is 16.4 Å². The van der Waals surface area contributed by atoms with E-state index >= 15 is 0 Å². The number of anilines is 2. The molecule has 31 heavy (non-hydrogen) atoms. The zero-order valence-electron chi connectivity index (χ0n) is 17.0. The van der Waals surface area contributed by atoms with Gasteiger partial charge in [0.05, 0.1) is 33.8 Å². The average molecular weight is 451 g/mol. The number of fused-ring (bicyclic) bond motifs is 2. The quantitative estimate of drug-likeness (QED) is 0.447. The second kappa shape index (κ2) is 7.51. The molecular weight excluding hydrogens is 432 g/mol. The van der Waals surface area contributed by atoms with Crippen molar-refractivity contribution in [1.29, 1.82) is 0 Å². The Morgan fingerprint density at radius 3 is 2.81 bits per heavy atom. The molecule has 5 rings (SSSR count). The van der Waals surface area contributed by atoms with Gasteiger partial charge in [0.2, 0.25) is 5.91 Å². The van der Waals surface area contributed by atoms with Crippen LogP contribution in [0.2, 0.25) is 0 Å². The van der Waals surface area contributed by atoms with Crippen molar-refractivity contribution in [2.45, 2.75) is 25.7 Å². The Morgan fingerprint density at radius 1 is 1.19 bits per heavy atom. The van der Waals surface area contributed by atoms with Crippen molar-refractivity contribution in [3.63, 3.8) is 0 Å². The number of nitrogens with one attached hydrogen (secondary N) is 2. The van der Waals surface area contributed by atoms with Gasteiger partial charge in [-0.05, 0) is 51.1 Å². The van der Waals surface area contributed by atoms with Gasteiger partial charge in [0.1, 0.15) is 0 Å². The lowest BCUT2D eigenvalue weighted by molar-refractivity contribution is -0.113. The maximum atomic E-state index is 13.3. The summed E-state index contributed by atoms with van der Waals surface area (Å²) < 4.78 is 5.40. The van der Waals surface area contributed by atoms with Crippen LogP contribution in [0.25, 0.3) is 22.4 Å². The molecule has 0 spiro atoms. The van der Waals surface area contributed by atoms with Crippen LogP contribution in [-0.4, -0.2) is 27.7 Å². The van der Waals surface area contributed by atoms with E-state index in [9.17, 15) is 9.59 Å². The SMILES string of the molecule is Cc1cc(-c2cc(C(=O)Nc3ccc4c(c3)NC(=O)CS4)c3c(C)noc3n2)c(C)s1. The minimum atomic E-state index is -0.292. The second-order valence-corrected chi connectivity index (χ2v) is 9.81. The molecule has 0 saturated carbocycles. The molecule has 0 bridgehead atoms. The first-order valence-corrected chi connectivity index (χ1v) is 11.4. The zero-order valence-corrected chi connectivity index (χ0v) is 18.7. The number of carbonyl (C=O) groups excluding carboxylic acids is 2. The zero-order chi connectivity index (χ0) is 21.7. The summed E-state index contributed by atoms with van der Waals surface area (Å²) in [5, 5.41) is 10.4. The minimum Gasteiger partial charge on any atom is -0.335 e. The van der Waals surface area contributed by atoms with E-state index in [0.717, 1.165) is 15.3 Å². The van der Waals surface area contributed by atoms with Gasteiger partial charge in [-0.25, -0.2) is 4.98 Å². The summed E-state index contributed by atoms with van der Waals surface area (Å²) in [5.41, 5.74) is 4.31. The highest BCUT2D eigenvalue weighted by Crippen LogP contribution is 2.35. The summed E-state index contributed by atoms with van der Waals surface area (Å²) in [5.74, 6) is 0.0485. The number of nitrogens with zero attached hydrogens (tertiary/aromatic N) is 2. The average Bonchev–Trinajstić information content (AvgIpc) is 3.28. The second-order valence-electron chi connectivity index (χ2n) is 7.33. The smallest absolute Gasteiger partial charge is 0.259 e. The fourth-order valence-electron chi connectivity index (χ4n) is 3.66. The number of aryl methyl sites for hydroxylation is 3. The summed E-state index contributed by atoms with van der Waals surface area (Å²) in [6.45, 7) is 5.86. The maximum absolute atomic E-state index is 13.3. The molecule has 7 nitrogen and oxygen atoms in total. The summed E-state index contributed by atoms with van der Waals surface area (Å²) in [4.78, 5) is 32.8. The van der Waals surface area contributed by atoms with Gasteiger partial charge in [0, 0.05) is 25.9 Å². The minimum absolute atomic E-state index is 0.0528. The van der Waals surface area contributed by atoms with Gasteiger partial charge in [-0.15, -0.1) is 23.1 Å². The Balaban J connectivity index is 1.55. The molecule has 0 fully saturated rings. The molecule has 9 heteroatoms. The number of thioether (sulfide) groups is 1. The topological polar surface area (TPSA) is 97.1 Å². The van der Waals surface area contributed by atoms with Crippen LogP contribution in [0.3, 0.4) is 0 Å². The molecule has 4 aromatic rings. The molecule has 156 valence electrons. The van der Waals surface area contributed by atoms with Crippen molar-refractivity contribution in [3.8, 4) is 11.3 Å². The lowest BCUT2D eigenvalue weighted by Gasteiger charge is -2.17. The summed E-state index contributed by atoms with van der Waals surface area (Å²) in [6, 6.07) is 9.33. The Hall–Kier alpha value is -3.17. The summed E-state index contributed by atoms with van der Waals surface area (Å²) in [6.07, 6.45) is 0. The number of amides is 2. The lowest BCUT2D eigenvalue weighted by Crippen LogP contribution is -2.19. The largest absolute Gasteiger partial charge is 0.335 e. The summed E-state index contributed by atoms with van der Waals surface area (Å²) >= 11 is 3.16. The van der Waals surface area contributed by atoms with Crippen LogP contribution in [0, 0.1) is 20.8 Å². The fourth-order valence-corrected chi connectivity index (χ4v) is 5.38. The van der Waals surface area contributed by atoms with Crippen molar-refractivity contribution in [1.82, 2.24) is 10.1 Å². The molecule has 0 radical (unpaired) electrons. The first-order chi connectivity index (χ1) is 14.9. The highest BCUT2D eigenvalue weighted by atomic mass is 32.2. The molecule has 2 amide bonds. The number of rotatable bonds is 3. The van der Waals surface area contributed by atoms with Gasteiger partial charge >= 0.3 is 0 Å². The third-order valence-corrected chi connectivity index (χ3v) is 7.09. The van der Waals surface area contributed by atoms with Gasteiger partial charge in [-0.2, -0.15) is 0 Å². The molecule has 0 unspecified atom stereocenters. The van der Waals surface area contributed by atoms with E-state index in [0.29, 0.717) is 45.2 Å². The summed E-state index contributed by atoms with van der Waals surface area (Å²) in [7, 11) is 0. The molecule has 1 aromatic carbocycles. The van der Waals surface area contributed by atoms with Crippen molar-refractivity contribution < 1.29 is 14.1 Å². The first kappa shape index (κ1) is 19.8. The van der Waals surface area contributed by atoms with Crippen LogP contribution in [0.15, 0.2) is 39.8 Å². The van der Waals surface area contributed by atoms with Crippen LogP contribution in [0.4, 0.5) is 11.4 Å². The molecule has 3 aromatic heterocycles. The van der Waals surface area contributed by atoms with E-state index < -0.39 is 0 Å². The van der Waals surface area contributed by atoms with Crippen LogP contribution in [0.5, 0.6) is 0 Å². The Morgan fingerprint density at radius 2 is 2.03 bits per heavy atom. The third kappa shape index (κ3) is 3.60. The number of hydrogen-bond donors (Lipinski definition) is 2. The molecular formula is C22H18N4O3S2. The number of pyridine rings is 1. The van der Waals surface area contributed by atoms with Crippen molar-refractivity contribution in [3.05, 3.63) is 51.3 Å². The Kier molecular flexibility index (Phi) is 4.79. The van der Waals surface area contributed by atoms with Gasteiger partial charge in [-0.3, -0.25) is 9.59 Å². The lowest BCUT2D eigenvalue weighted by atomic mass is 10.1. The highest BCUT2D eigenvalue weighted by Gasteiger charge is 2.22. The molecule has 4 heterocycles. The Labute approximate surface area is 186 Å². The monoisotopic (exact) mass is 450 g/mol. The molecule has 2 N–H and O–H groups in total. The van der Waals surface area contributed by atoms with E-state index in [1.54, 1.807) is 30.4 Å². The Bertz CT molecular complexity index is 1370. The highest BCUT2D eigenvalue weighted by molar-refractivity contribution is 8.00. The third-order valence-electron chi connectivity index (χ3n) is 5.05. The predicted molar refractivity (Wildman–Crippen MR) is 123 cm³/mol. The predicted octanol–water partition coefficient (Wildman–Crippen LogP) is 5.17. The van der Waals surface area contributed by atoms with Crippen LogP contribution < -0.4 is 10.6 Å². The van der Waals surface area contributed by atoms with Crippen LogP contribution in [0.1, 0.15) is 25.8 Å². The number of thiophene rings is 1. The maximum Gasteiger partial charge on any atom is 0.259 e. The molecule has 0 atom stereocenters. The molecule has 0 aliphatic carbocycles. The normalized spacial score (nSPS) is 13.2. The van der Waals surface area contributed by atoms with E-state index in [4.69, 9.17) is 4.52 Å². The fraction of sp³-hybridized carbons (Fsp3) is 0.182. The number of hydrogen-bond acceptors (Lipinski definition) is 7. The molecule has 1 aliphatic rings. The number of benzene rings is 1. The van der Waals surface area contributed by atoms with Gasteiger partial charge in [-0.1, -0.05) is 5.16 Å². The van der Waals surface area contributed by atoms with E-state index in [2.05, 4.69) is 26.8 Å². The van der Waals surface area contributed by atoms with Crippen molar-refractivity contribution in [2.24, 2.45) is 0 Å². The van der Waals surface area contributed by atoms with E-state index in [1.807, 2.05) is 26.0 Å².